The highest BCUT2D eigenvalue weighted by atomic mass is 32.2. The van der Waals surface area contributed by atoms with Crippen LogP contribution in [0, 0.1) is 13.8 Å². The van der Waals surface area contributed by atoms with E-state index < -0.39 is 16.0 Å². The third kappa shape index (κ3) is 2.89. The number of H-pyrrole nitrogens is 1. The molecule has 8 nitrogen and oxygen atoms in total. The van der Waals surface area contributed by atoms with Crippen molar-refractivity contribution in [1.29, 1.82) is 0 Å². The summed E-state index contributed by atoms with van der Waals surface area (Å²) >= 11 is 0. The molecule has 0 saturated carbocycles. The second-order valence-electron chi connectivity index (χ2n) is 4.66. The molecule has 0 aliphatic rings. The van der Waals surface area contributed by atoms with Crippen LogP contribution in [0.2, 0.25) is 0 Å². The smallest absolute Gasteiger partial charge is 0.337 e. The summed E-state index contributed by atoms with van der Waals surface area (Å²) in [7, 11) is -2.65. The van der Waals surface area contributed by atoms with E-state index >= 15 is 0 Å². The topological polar surface area (TPSA) is 121 Å². The molecule has 0 unspecified atom stereocenters. The number of benzene rings is 1. The number of ether oxygens (including phenoxy) is 1. The lowest BCUT2D eigenvalue weighted by atomic mass is 10.1. The van der Waals surface area contributed by atoms with Crippen molar-refractivity contribution in [3.8, 4) is 5.75 Å². The molecule has 3 N–H and O–H groups in total. The van der Waals surface area contributed by atoms with Crippen molar-refractivity contribution in [3.05, 3.63) is 35.2 Å². The van der Waals surface area contributed by atoms with E-state index in [-0.39, 0.29) is 21.9 Å². The number of aryl methyl sites for hydroxylation is 2. The number of carboxylic acid groups (broad SMARTS) is 1. The van der Waals surface area contributed by atoms with Gasteiger partial charge in [-0.1, -0.05) is 0 Å². The Hall–Kier alpha value is -2.55. The summed E-state index contributed by atoms with van der Waals surface area (Å²) in [4.78, 5) is 11.3. The number of rotatable bonds is 5. The minimum atomic E-state index is -3.99. The zero-order valence-electron chi connectivity index (χ0n) is 12.2. The van der Waals surface area contributed by atoms with E-state index in [1.54, 1.807) is 19.9 Å². The van der Waals surface area contributed by atoms with Gasteiger partial charge in [0, 0.05) is 0 Å². The number of anilines is 1. The molecule has 1 aromatic carbocycles. The van der Waals surface area contributed by atoms with Gasteiger partial charge in [-0.2, -0.15) is 5.10 Å². The molecule has 9 heteroatoms. The first-order valence-corrected chi connectivity index (χ1v) is 7.69. The van der Waals surface area contributed by atoms with E-state index in [0.29, 0.717) is 11.3 Å². The third-order valence-electron chi connectivity index (χ3n) is 3.01. The van der Waals surface area contributed by atoms with E-state index in [2.05, 4.69) is 14.9 Å². The molecular formula is C13H15N3O5S. The van der Waals surface area contributed by atoms with E-state index in [0.717, 1.165) is 6.20 Å². The normalized spacial score (nSPS) is 11.2. The minimum absolute atomic E-state index is 0.0635. The Kier molecular flexibility index (Phi) is 4.09. The number of carboxylic acids is 1. The van der Waals surface area contributed by atoms with Crippen molar-refractivity contribution in [1.82, 2.24) is 10.2 Å². The van der Waals surface area contributed by atoms with Crippen molar-refractivity contribution in [2.75, 3.05) is 11.8 Å². The zero-order valence-corrected chi connectivity index (χ0v) is 13.0. The summed E-state index contributed by atoms with van der Waals surface area (Å²) < 4.78 is 32.1. The Bertz CT molecular complexity index is 826. The largest absolute Gasteiger partial charge is 0.495 e. The van der Waals surface area contributed by atoms with Gasteiger partial charge < -0.3 is 9.84 Å². The number of aromatic nitrogens is 2. The van der Waals surface area contributed by atoms with Crippen LogP contribution in [0.1, 0.15) is 21.6 Å². The van der Waals surface area contributed by atoms with Gasteiger partial charge in [0.05, 0.1) is 24.6 Å². The second-order valence-corrected chi connectivity index (χ2v) is 6.31. The number of aromatic amines is 1. The van der Waals surface area contributed by atoms with Gasteiger partial charge in [0.25, 0.3) is 10.0 Å². The van der Waals surface area contributed by atoms with Crippen molar-refractivity contribution in [2.24, 2.45) is 0 Å². The first-order valence-electron chi connectivity index (χ1n) is 6.21. The molecule has 1 aromatic heterocycles. The van der Waals surface area contributed by atoms with Gasteiger partial charge in [-0.3, -0.25) is 9.82 Å². The summed E-state index contributed by atoms with van der Waals surface area (Å²) in [6, 6.07) is 2.91. The number of hydrogen-bond acceptors (Lipinski definition) is 5. The summed E-state index contributed by atoms with van der Waals surface area (Å²) in [5.41, 5.74) is 0.662. The third-order valence-corrected chi connectivity index (χ3v) is 4.47. The molecule has 0 fully saturated rings. The average Bonchev–Trinajstić information content (AvgIpc) is 2.86. The fourth-order valence-corrected chi connectivity index (χ4v) is 3.22. The molecule has 0 aliphatic carbocycles. The van der Waals surface area contributed by atoms with Gasteiger partial charge >= 0.3 is 5.97 Å². The van der Waals surface area contributed by atoms with Crippen LogP contribution in [0.5, 0.6) is 5.75 Å². The maximum atomic E-state index is 12.4. The first-order chi connectivity index (χ1) is 10.3. The lowest BCUT2D eigenvalue weighted by Gasteiger charge is -2.15. The van der Waals surface area contributed by atoms with Crippen molar-refractivity contribution < 1.29 is 23.1 Å². The van der Waals surface area contributed by atoms with Crippen LogP contribution in [0.25, 0.3) is 0 Å². The van der Waals surface area contributed by atoms with E-state index in [1.165, 1.54) is 13.2 Å². The molecule has 0 spiro atoms. The van der Waals surface area contributed by atoms with Crippen LogP contribution in [-0.2, 0) is 10.0 Å². The standard InChI is InChI=1S/C13H15N3O5S/c1-7-4-9(13(17)18)12(10(5-7)21-3)16-22(19,20)11-6-14-15-8(11)2/h4-6,16H,1-3H3,(H,14,15)(H,17,18). The molecule has 2 rings (SSSR count). The number of nitrogens with one attached hydrogen (secondary N) is 2. The molecule has 0 atom stereocenters. The Balaban J connectivity index is 2.58. The zero-order chi connectivity index (χ0) is 16.5. The van der Waals surface area contributed by atoms with Crippen LogP contribution in [0.3, 0.4) is 0 Å². The molecule has 0 amide bonds. The predicted octanol–water partition coefficient (Wildman–Crippen LogP) is 1.53. The van der Waals surface area contributed by atoms with E-state index in [1.807, 2.05) is 0 Å². The summed E-state index contributed by atoms with van der Waals surface area (Å²) in [6.07, 6.45) is 1.15. The molecule has 1 heterocycles. The van der Waals surface area contributed by atoms with Gasteiger partial charge in [-0.15, -0.1) is 0 Å². The summed E-state index contributed by atoms with van der Waals surface area (Å²) in [5, 5.41) is 15.5. The Morgan fingerprint density at radius 1 is 1.36 bits per heavy atom. The summed E-state index contributed by atoms with van der Waals surface area (Å²) in [6.45, 7) is 3.24. The first kappa shape index (κ1) is 15.8. The Labute approximate surface area is 127 Å². The van der Waals surface area contributed by atoms with Crippen molar-refractivity contribution in [3.63, 3.8) is 0 Å². The highest BCUT2D eigenvalue weighted by Gasteiger charge is 2.24. The molecule has 0 bridgehead atoms. The molecular weight excluding hydrogens is 310 g/mol. The quantitative estimate of drug-likeness (QED) is 0.766. The van der Waals surface area contributed by atoms with E-state index in [9.17, 15) is 18.3 Å². The number of sulfonamides is 1. The van der Waals surface area contributed by atoms with Crippen LogP contribution in [-0.4, -0.2) is 36.8 Å². The monoisotopic (exact) mass is 325 g/mol. The SMILES string of the molecule is COc1cc(C)cc(C(=O)O)c1NS(=O)(=O)c1cn[nH]c1C. The lowest BCUT2D eigenvalue weighted by molar-refractivity contribution is 0.0697. The van der Waals surface area contributed by atoms with Gasteiger partial charge in [0.15, 0.2) is 0 Å². The second kappa shape index (κ2) is 5.68. The average molecular weight is 325 g/mol. The fourth-order valence-electron chi connectivity index (χ4n) is 1.99. The van der Waals surface area contributed by atoms with Crippen LogP contribution < -0.4 is 9.46 Å². The number of methoxy groups -OCH3 is 1. The molecule has 118 valence electrons. The van der Waals surface area contributed by atoms with Crippen LogP contribution in [0.4, 0.5) is 5.69 Å². The number of carbonyl (C=O) groups is 1. The van der Waals surface area contributed by atoms with Crippen LogP contribution in [0.15, 0.2) is 23.2 Å². The molecule has 2 aromatic rings. The lowest BCUT2D eigenvalue weighted by Crippen LogP contribution is -2.17. The van der Waals surface area contributed by atoms with Gasteiger partial charge in [0.2, 0.25) is 0 Å². The summed E-state index contributed by atoms with van der Waals surface area (Å²) in [5.74, 6) is -1.13. The molecule has 22 heavy (non-hydrogen) atoms. The predicted molar refractivity (Wildman–Crippen MR) is 78.8 cm³/mol. The highest BCUT2D eigenvalue weighted by molar-refractivity contribution is 7.92. The molecule has 0 aliphatic heterocycles. The minimum Gasteiger partial charge on any atom is -0.495 e. The van der Waals surface area contributed by atoms with Gasteiger partial charge in [-0.05, 0) is 31.5 Å². The maximum absolute atomic E-state index is 12.4. The Morgan fingerprint density at radius 2 is 2.05 bits per heavy atom. The van der Waals surface area contributed by atoms with Gasteiger partial charge in [0.1, 0.15) is 16.3 Å². The number of hydrogen-bond donors (Lipinski definition) is 3. The number of aromatic carboxylic acids is 1. The number of nitrogens with zero attached hydrogens (tertiary/aromatic N) is 1. The fraction of sp³-hybridized carbons (Fsp3) is 0.231. The maximum Gasteiger partial charge on any atom is 0.337 e. The van der Waals surface area contributed by atoms with Gasteiger partial charge in [-0.25, -0.2) is 13.2 Å². The highest BCUT2D eigenvalue weighted by Crippen LogP contribution is 2.32. The molecule has 0 saturated heterocycles. The van der Waals surface area contributed by atoms with E-state index in [4.69, 9.17) is 4.74 Å². The van der Waals surface area contributed by atoms with Crippen molar-refractivity contribution >= 4 is 21.7 Å². The van der Waals surface area contributed by atoms with Crippen molar-refractivity contribution in [2.45, 2.75) is 18.7 Å². The Morgan fingerprint density at radius 3 is 2.55 bits per heavy atom. The van der Waals surface area contributed by atoms with Crippen LogP contribution >= 0.6 is 0 Å². The molecule has 0 radical (unpaired) electrons.